The lowest BCUT2D eigenvalue weighted by Crippen LogP contribution is -2.35. The fourth-order valence-corrected chi connectivity index (χ4v) is 2.24. The topological polar surface area (TPSA) is 12.5 Å². The van der Waals surface area contributed by atoms with E-state index < -0.39 is 0 Å². The number of rotatable bonds is 13. The van der Waals surface area contributed by atoms with Gasteiger partial charge in [-0.2, -0.15) is 0 Å². The molecule has 0 rings (SSSR count). The van der Waals surface area contributed by atoms with E-state index in [1.165, 1.54) is 58.0 Å². The molecule has 0 aliphatic carbocycles. The first-order chi connectivity index (χ1) is 8.78. The molecular formula is C16H35NO. The van der Waals surface area contributed by atoms with Gasteiger partial charge in [0.05, 0.1) is 6.10 Å². The maximum absolute atomic E-state index is 5.89. The molecule has 0 radical (unpaired) electrons. The van der Waals surface area contributed by atoms with Gasteiger partial charge in [0, 0.05) is 13.2 Å². The Labute approximate surface area is 115 Å². The van der Waals surface area contributed by atoms with Gasteiger partial charge in [-0.05, 0) is 39.3 Å². The van der Waals surface area contributed by atoms with Gasteiger partial charge in [0.1, 0.15) is 0 Å². The lowest BCUT2D eigenvalue weighted by Gasteiger charge is -2.27. The third-order valence-corrected chi connectivity index (χ3v) is 3.40. The van der Waals surface area contributed by atoms with Gasteiger partial charge in [-0.3, -0.25) is 0 Å². The molecule has 0 aliphatic heterocycles. The summed E-state index contributed by atoms with van der Waals surface area (Å²) in [7, 11) is 0. The Morgan fingerprint density at radius 3 is 1.83 bits per heavy atom. The van der Waals surface area contributed by atoms with Crippen molar-refractivity contribution in [3.05, 3.63) is 0 Å². The Bertz CT molecular complexity index is 153. The van der Waals surface area contributed by atoms with Crippen LogP contribution in [0.1, 0.15) is 72.6 Å². The van der Waals surface area contributed by atoms with Gasteiger partial charge in [0.15, 0.2) is 0 Å². The number of unbranched alkanes of at least 4 members (excludes halogenated alkanes) is 3. The van der Waals surface area contributed by atoms with Gasteiger partial charge < -0.3 is 9.64 Å². The highest BCUT2D eigenvalue weighted by molar-refractivity contribution is 4.67. The minimum Gasteiger partial charge on any atom is -0.377 e. The summed E-state index contributed by atoms with van der Waals surface area (Å²) in [6, 6.07) is 0. The van der Waals surface area contributed by atoms with Crippen molar-refractivity contribution in [1.29, 1.82) is 0 Å². The summed E-state index contributed by atoms with van der Waals surface area (Å²) >= 11 is 0. The van der Waals surface area contributed by atoms with Crippen molar-refractivity contribution in [2.24, 2.45) is 0 Å². The molecule has 0 fully saturated rings. The van der Waals surface area contributed by atoms with Crippen LogP contribution in [0.25, 0.3) is 0 Å². The van der Waals surface area contributed by atoms with Crippen LogP contribution in [0.4, 0.5) is 0 Å². The van der Waals surface area contributed by atoms with Crippen LogP contribution in [-0.4, -0.2) is 37.2 Å². The molecule has 2 nitrogen and oxygen atoms in total. The van der Waals surface area contributed by atoms with Crippen LogP contribution < -0.4 is 0 Å². The van der Waals surface area contributed by atoms with Crippen molar-refractivity contribution in [2.75, 3.05) is 26.2 Å². The van der Waals surface area contributed by atoms with Gasteiger partial charge in [0.25, 0.3) is 0 Å². The first-order valence-corrected chi connectivity index (χ1v) is 8.12. The monoisotopic (exact) mass is 257 g/mol. The largest absolute Gasteiger partial charge is 0.377 e. The predicted octanol–water partition coefficient (Wildman–Crippen LogP) is 4.48. The zero-order valence-corrected chi connectivity index (χ0v) is 13.2. The molecule has 0 bridgehead atoms. The summed E-state index contributed by atoms with van der Waals surface area (Å²) in [5.74, 6) is 0. The van der Waals surface area contributed by atoms with E-state index in [1.54, 1.807) is 0 Å². The summed E-state index contributed by atoms with van der Waals surface area (Å²) in [4.78, 5) is 2.61. The maximum Gasteiger partial charge on any atom is 0.0701 e. The van der Waals surface area contributed by atoms with Crippen molar-refractivity contribution in [3.63, 3.8) is 0 Å². The number of hydrogen-bond donors (Lipinski definition) is 0. The summed E-state index contributed by atoms with van der Waals surface area (Å²) in [6.07, 6.45) is 9.44. The van der Waals surface area contributed by atoms with Crippen molar-refractivity contribution < 1.29 is 4.74 Å². The van der Waals surface area contributed by atoms with E-state index in [0.717, 1.165) is 13.2 Å². The van der Waals surface area contributed by atoms with Crippen LogP contribution in [-0.2, 0) is 4.74 Å². The molecule has 0 amide bonds. The van der Waals surface area contributed by atoms with E-state index in [2.05, 4.69) is 32.6 Å². The van der Waals surface area contributed by atoms with E-state index >= 15 is 0 Å². The summed E-state index contributed by atoms with van der Waals surface area (Å²) in [6.45, 7) is 13.4. The van der Waals surface area contributed by atoms with Crippen molar-refractivity contribution in [3.8, 4) is 0 Å². The van der Waals surface area contributed by atoms with Crippen LogP contribution in [0.2, 0.25) is 0 Å². The number of ether oxygens (including phenoxy) is 1. The highest BCUT2D eigenvalue weighted by Crippen LogP contribution is 2.09. The molecule has 0 heterocycles. The molecule has 0 aromatic carbocycles. The summed E-state index contributed by atoms with van der Waals surface area (Å²) < 4.78 is 5.89. The van der Waals surface area contributed by atoms with E-state index in [9.17, 15) is 0 Å². The standard InChI is InChI=1S/C16H35NO/c1-5-9-12-16(18-8-4)15-17(13-10-6-2)14-11-7-3/h16H,5-15H2,1-4H3. The van der Waals surface area contributed by atoms with Crippen LogP contribution in [0.15, 0.2) is 0 Å². The van der Waals surface area contributed by atoms with Gasteiger partial charge >= 0.3 is 0 Å². The van der Waals surface area contributed by atoms with E-state index in [1.807, 2.05) is 0 Å². The van der Waals surface area contributed by atoms with E-state index in [0.29, 0.717) is 6.10 Å². The second kappa shape index (κ2) is 13.4. The summed E-state index contributed by atoms with van der Waals surface area (Å²) in [5, 5.41) is 0. The smallest absolute Gasteiger partial charge is 0.0701 e. The van der Waals surface area contributed by atoms with Gasteiger partial charge in [-0.15, -0.1) is 0 Å². The van der Waals surface area contributed by atoms with Crippen molar-refractivity contribution in [2.45, 2.75) is 78.7 Å². The van der Waals surface area contributed by atoms with Gasteiger partial charge in [0.2, 0.25) is 0 Å². The van der Waals surface area contributed by atoms with Crippen LogP contribution in [0.5, 0.6) is 0 Å². The lowest BCUT2D eigenvalue weighted by atomic mass is 10.1. The Hall–Kier alpha value is -0.0800. The normalized spacial score (nSPS) is 13.2. The molecule has 0 saturated heterocycles. The highest BCUT2D eigenvalue weighted by atomic mass is 16.5. The molecule has 1 atom stereocenters. The fraction of sp³-hybridized carbons (Fsp3) is 1.00. The van der Waals surface area contributed by atoms with E-state index in [4.69, 9.17) is 4.74 Å². The molecule has 18 heavy (non-hydrogen) atoms. The number of hydrogen-bond acceptors (Lipinski definition) is 2. The minimum absolute atomic E-state index is 0.448. The second-order valence-electron chi connectivity index (χ2n) is 5.23. The first-order valence-electron chi connectivity index (χ1n) is 8.12. The molecule has 0 aromatic heterocycles. The Balaban J connectivity index is 4.09. The predicted molar refractivity (Wildman–Crippen MR) is 81.2 cm³/mol. The van der Waals surface area contributed by atoms with Crippen LogP contribution >= 0.6 is 0 Å². The lowest BCUT2D eigenvalue weighted by molar-refractivity contribution is 0.0262. The Kier molecular flexibility index (Phi) is 13.3. The molecule has 0 aromatic rings. The van der Waals surface area contributed by atoms with Crippen molar-refractivity contribution in [1.82, 2.24) is 4.90 Å². The fourth-order valence-electron chi connectivity index (χ4n) is 2.24. The quantitative estimate of drug-likeness (QED) is 0.482. The summed E-state index contributed by atoms with van der Waals surface area (Å²) in [5.41, 5.74) is 0. The molecule has 1 unspecified atom stereocenters. The maximum atomic E-state index is 5.89. The molecule has 0 aliphatic rings. The van der Waals surface area contributed by atoms with E-state index in [-0.39, 0.29) is 0 Å². The third-order valence-electron chi connectivity index (χ3n) is 3.40. The molecule has 0 saturated carbocycles. The third kappa shape index (κ3) is 9.90. The van der Waals surface area contributed by atoms with Gasteiger partial charge in [-0.1, -0.05) is 46.5 Å². The number of nitrogens with zero attached hydrogens (tertiary/aromatic N) is 1. The first kappa shape index (κ1) is 17.9. The SMILES string of the molecule is CCCCC(CN(CCCC)CCCC)OCC. The zero-order valence-electron chi connectivity index (χ0n) is 13.2. The molecule has 110 valence electrons. The zero-order chi connectivity index (χ0) is 13.6. The average Bonchev–Trinajstić information content (AvgIpc) is 2.39. The molecule has 0 N–H and O–H groups in total. The second-order valence-corrected chi connectivity index (χ2v) is 5.23. The van der Waals surface area contributed by atoms with Crippen molar-refractivity contribution >= 4 is 0 Å². The molecule has 0 spiro atoms. The van der Waals surface area contributed by atoms with Crippen LogP contribution in [0, 0.1) is 0 Å². The average molecular weight is 257 g/mol. The van der Waals surface area contributed by atoms with Crippen LogP contribution in [0.3, 0.4) is 0 Å². The minimum atomic E-state index is 0.448. The molecule has 2 heteroatoms. The highest BCUT2D eigenvalue weighted by Gasteiger charge is 2.13. The Morgan fingerprint density at radius 2 is 1.39 bits per heavy atom. The molecular weight excluding hydrogens is 222 g/mol. The Morgan fingerprint density at radius 1 is 0.833 bits per heavy atom. The van der Waals surface area contributed by atoms with Gasteiger partial charge in [-0.25, -0.2) is 0 Å².